The highest BCUT2D eigenvalue weighted by atomic mass is 79.9. The van der Waals surface area contributed by atoms with Crippen molar-refractivity contribution in [3.05, 3.63) is 14.7 Å². The third kappa shape index (κ3) is 3.57. The van der Waals surface area contributed by atoms with Gasteiger partial charge in [0.05, 0.1) is 3.79 Å². The number of piperazine rings is 1. The minimum absolute atomic E-state index is 0.0179. The van der Waals surface area contributed by atoms with E-state index >= 15 is 0 Å². The molecule has 1 aromatic rings. The summed E-state index contributed by atoms with van der Waals surface area (Å²) < 4.78 is 24.8. The summed E-state index contributed by atoms with van der Waals surface area (Å²) in [4.78, 5) is 15.4. The van der Waals surface area contributed by atoms with E-state index in [1.807, 2.05) is 7.05 Å². The number of carboxylic acids is 1. The number of sulfonamides is 1. The van der Waals surface area contributed by atoms with Crippen LogP contribution in [0.15, 0.2) is 14.7 Å². The number of hydrogen-bond donors (Lipinski definition) is 2. The van der Waals surface area contributed by atoms with Crippen molar-refractivity contribution in [2.24, 2.45) is 0 Å². The van der Waals surface area contributed by atoms with Gasteiger partial charge < -0.3 is 10.0 Å². The van der Waals surface area contributed by atoms with Crippen molar-refractivity contribution in [1.29, 1.82) is 0 Å². The Bertz CT molecular complexity index is 608. The molecule has 1 aliphatic rings. The topological polar surface area (TPSA) is 90.0 Å². The minimum Gasteiger partial charge on any atom is -0.477 e. The van der Waals surface area contributed by atoms with Crippen LogP contribution in [0.5, 0.6) is 0 Å². The molecule has 0 aromatic carbocycles. The predicted octanol–water partition coefficient (Wildman–Crippen LogP) is 0.649. The van der Waals surface area contributed by atoms with Crippen molar-refractivity contribution in [2.45, 2.75) is 4.90 Å². The van der Waals surface area contributed by atoms with Gasteiger partial charge in [-0.05, 0) is 29.0 Å². The number of aromatic carboxylic acids is 1. The van der Waals surface area contributed by atoms with Gasteiger partial charge in [0, 0.05) is 26.2 Å². The zero-order chi connectivity index (χ0) is 14.9. The maximum Gasteiger partial charge on any atom is 0.345 e. The van der Waals surface area contributed by atoms with E-state index < -0.39 is 16.0 Å². The van der Waals surface area contributed by atoms with Gasteiger partial charge in [0.25, 0.3) is 10.0 Å². The number of hydrazine groups is 1. The van der Waals surface area contributed by atoms with Crippen LogP contribution in [0.1, 0.15) is 9.67 Å². The van der Waals surface area contributed by atoms with Gasteiger partial charge in [-0.2, -0.15) is 0 Å². The van der Waals surface area contributed by atoms with E-state index in [0.717, 1.165) is 30.5 Å². The van der Waals surface area contributed by atoms with Crippen LogP contribution in [0.4, 0.5) is 0 Å². The third-order valence-electron chi connectivity index (χ3n) is 2.91. The molecular formula is C10H14BrN3O4S2. The van der Waals surface area contributed by atoms with Gasteiger partial charge in [-0.3, -0.25) is 0 Å². The quantitative estimate of drug-likeness (QED) is 0.793. The van der Waals surface area contributed by atoms with Crippen molar-refractivity contribution < 1.29 is 18.3 Å². The highest BCUT2D eigenvalue weighted by Crippen LogP contribution is 2.31. The van der Waals surface area contributed by atoms with Gasteiger partial charge in [-0.1, -0.05) is 0 Å². The number of nitrogens with one attached hydrogen (secondary N) is 1. The lowest BCUT2D eigenvalue weighted by Gasteiger charge is -2.32. The summed E-state index contributed by atoms with van der Waals surface area (Å²) in [5.41, 5.74) is 0. The molecule has 1 fully saturated rings. The van der Waals surface area contributed by atoms with E-state index in [9.17, 15) is 13.2 Å². The smallest absolute Gasteiger partial charge is 0.345 e. The fraction of sp³-hybridized carbons (Fsp3) is 0.500. The predicted molar refractivity (Wildman–Crippen MR) is 78.4 cm³/mol. The summed E-state index contributed by atoms with van der Waals surface area (Å²) in [6.07, 6.45) is 0. The minimum atomic E-state index is -3.76. The average Bonchev–Trinajstić information content (AvgIpc) is 2.75. The van der Waals surface area contributed by atoms with Crippen LogP contribution in [0.25, 0.3) is 0 Å². The Balaban J connectivity index is 2.16. The fourth-order valence-electron chi connectivity index (χ4n) is 1.76. The first-order chi connectivity index (χ1) is 9.29. The second kappa shape index (κ2) is 6.08. The molecule has 2 rings (SSSR count). The van der Waals surface area contributed by atoms with E-state index in [2.05, 4.69) is 25.7 Å². The molecule has 2 heterocycles. The number of rotatable bonds is 4. The summed E-state index contributed by atoms with van der Waals surface area (Å²) in [6.45, 7) is 2.72. The average molecular weight is 384 g/mol. The number of hydrogen-bond acceptors (Lipinski definition) is 6. The van der Waals surface area contributed by atoms with Gasteiger partial charge in [0.2, 0.25) is 0 Å². The number of thiophene rings is 1. The molecule has 0 radical (unpaired) electrons. The highest BCUT2D eigenvalue weighted by Gasteiger charge is 2.26. The second-order valence-electron chi connectivity index (χ2n) is 4.44. The molecule has 2 N–H and O–H groups in total. The number of carboxylic acid groups (broad SMARTS) is 1. The molecule has 112 valence electrons. The molecular weight excluding hydrogens is 370 g/mol. The lowest BCUT2D eigenvalue weighted by Crippen LogP contribution is -2.52. The largest absolute Gasteiger partial charge is 0.477 e. The second-order valence-corrected chi connectivity index (χ2v) is 8.44. The van der Waals surface area contributed by atoms with Crippen LogP contribution >= 0.6 is 27.3 Å². The van der Waals surface area contributed by atoms with Gasteiger partial charge in [-0.15, -0.1) is 16.2 Å². The molecule has 0 saturated carbocycles. The van der Waals surface area contributed by atoms with Crippen molar-refractivity contribution in [1.82, 2.24) is 14.7 Å². The maximum absolute atomic E-state index is 12.3. The molecule has 0 bridgehead atoms. The monoisotopic (exact) mass is 383 g/mol. The molecule has 1 aliphatic heterocycles. The van der Waals surface area contributed by atoms with Crippen molar-refractivity contribution in [3.8, 4) is 0 Å². The molecule has 0 atom stereocenters. The SMILES string of the molecule is CN1CCN(NS(=O)(=O)c2cc(C(=O)O)sc2Br)CC1. The molecule has 0 spiro atoms. The Morgan fingerprint density at radius 1 is 1.40 bits per heavy atom. The summed E-state index contributed by atoms with van der Waals surface area (Å²) in [5, 5.41) is 10.5. The van der Waals surface area contributed by atoms with Gasteiger partial charge in [0.15, 0.2) is 0 Å². The Morgan fingerprint density at radius 2 is 2.00 bits per heavy atom. The standard InChI is InChI=1S/C10H14BrN3O4S2/c1-13-2-4-14(5-3-13)12-20(17,18)8-6-7(10(15)16)19-9(8)11/h6,12H,2-5H2,1H3,(H,15,16). The molecule has 20 heavy (non-hydrogen) atoms. The Kier molecular flexibility index (Phi) is 4.82. The van der Waals surface area contributed by atoms with Gasteiger partial charge in [-0.25, -0.2) is 18.2 Å². The normalized spacial score (nSPS) is 18.3. The van der Waals surface area contributed by atoms with E-state index in [0.29, 0.717) is 13.1 Å². The number of carbonyl (C=O) groups is 1. The molecule has 7 nitrogen and oxygen atoms in total. The maximum atomic E-state index is 12.3. The molecule has 10 heteroatoms. The first kappa shape index (κ1) is 15.9. The summed E-state index contributed by atoms with van der Waals surface area (Å²) in [5.74, 6) is -1.14. The van der Waals surface area contributed by atoms with Crippen LogP contribution in [0.3, 0.4) is 0 Å². The molecule has 0 unspecified atom stereocenters. The molecule has 1 saturated heterocycles. The van der Waals surface area contributed by atoms with E-state index in [4.69, 9.17) is 5.11 Å². The summed E-state index contributed by atoms with van der Waals surface area (Å²) in [6, 6.07) is 1.16. The first-order valence-electron chi connectivity index (χ1n) is 5.78. The Labute approximate surface area is 129 Å². The van der Waals surface area contributed by atoms with Crippen LogP contribution in [0, 0.1) is 0 Å². The number of halogens is 1. The lowest BCUT2D eigenvalue weighted by atomic mass is 10.4. The van der Waals surface area contributed by atoms with Crippen LogP contribution in [0.2, 0.25) is 0 Å². The molecule has 0 aliphatic carbocycles. The summed E-state index contributed by atoms with van der Waals surface area (Å²) >= 11 is 3.99. The van der Waals surface area contributed by atoms with Crippen LogP contribution in [-0.4, -0.2) is 62.6 Å². The number of nitrogens with zero attached hydrogens (tertiary/aromatic N) is 2. The van der Waals surface area contributed by atoms with Crippen molar-refractivity contribution in [2.75, 3.05) is 33.2 Å². The van der Waals surface area contributed by atoms with E-state index in [1.54, 1.807) is 5.01 Å². The first-order valence-corrected chi connectivity index (χ1v) is 8.87. The van der Waals surface area contributed by atoms with Crippen molar-refractivity contribution in [3.63, 3.8) is 0 Å². The van der Waals surface area contributed by atoms with Crippen LogP contribution in [-0.2, 0) is 10.0 Å². The fourth-order valence-corrected chi connectivity index (χ4v) is 5.29. The molecule has 1 aromatic heterocycles. The van der Waals surface area contributed by atoms with E-state index in [-0.39, 0.29) is 13.6 Å². The Morgan fingerprint density at radius 3 is 2.50 bits per heavy atom. The third-order valence-corrected chi connectivity index (χ3v) is 6.52. The van der Waals surface area contributed by atoms with Crippen molar-refractivity contribution >= 4 is 43.3 Å². The van der Waals surface area contributed by atoms with Crippen LogP contribution < -0.4 is 4.83 Å². The lowest BCUT2D eigenvalue weighted by molar-refractivity contribution is 0.0702. The highest BCUT2D eigenvalue weighted by molar-refractivity contribution is 9.11. The number of likely N-dealkylation sites (N-methyl/N-ethyl adjacent to an activating group) is 1. The van der Waals surface area contributed by atoms with Gasteiger partial charge >= 0.3 is 5.97 Å². The zero-order valence-corrected chi connectivity index (χ0v) is 13.9. The Hall–Kier alpha value is -0.520. The van der Waals surface area contributed by atoms with Gasteiger partial charge in [0.1, 0.15) is 9.77 Å². The van der Waals surface area contributed by atoms with E-state index in [1.165, 1.54) is 0 Å². The summed E-state index contributed by atoms with van der Waals surface area (Å²) in [7, 11) is -1.79. The zero-order valence-electron chi connectivity index (χ0n) is 10.7. The molecule has 0 amide bonds.